The van der Waals surface area contributed by atoms with Gasteiger partial charge in [0.25, 0.3) is 0 Å². The van der Waals surface area contributed by atoms with Crippen LogP contribution in [-0.2, 0) is 23.6 Å². The number of primary sulfonamides is 1. The fourth-order valence-corrected chi connectivity index (χ4v) is 1.54. The summed E-state index contributed by atoms with van der Waals surface area (Å²) in [7, 11) is -1.40. The second kappa shape index (κ2) is 4.59. The van der Waals surface area contributed by atoms with Crippen LogP contribution in [0.5, 0.6) is 0 Å². The molecule has 0 aliphatic heterocycles. The van der Waals surface area contributed by atoms with Crippen LogP contribution in [0.1, 0.15) is 5.69 Å². The second-order valence-electron chi connectivity index (χ2n) is 3.15. The Morgan fingerprint density at radius 2 is 2.29 bits per heavy atom. The van der Waals surface area contributed by atoms with Crippen molar-refractivity contribution < 1.29 is 8.42 Å². The molecule has 0 atom stereocenters. The Labute approximate surface area is 84.0 Å². The third-order valence-electron chi connectivity index (χ3n) is 1.92. The zero-order valence-corrected chi connectivity index (χ0v) is 8.92. The molecule has 0 fully saturated rings. The first kappa shape index (κ1) is 11.2. The fraction of sp³-hybridized carbons (Fsp3) is 0.500. The molecule has 0 unspecified atom stereocenters. The Morgan fingerprint density at radius 3 is 2.79 bits per heavy atom. The zero-order chi connectivity index (χ0) is 10.6. The minimum Gasteiger partial charge on any atom is -0.353 e. The summed E-state index contributed by atoms with van der Waals surface area (Å²) in [5, 5.41) is 7.86. The van der Waals surface area contributed by atoms with Gasteiger partial charge < -0.3 is 9.88 Å². The van der Waals surface area contributed by atoms with Crippen LogP contribution in [0.25, 0.3) is 0 Å². The van der Waals surface area contributed by atoms with Crippen LogP contribution in [0, 0.1) is 0 Å². The van der Waals surface area contributed by atoms with Crippen LogP contribution in [0.2, 0.25) is 0 Å². The van der Waals surface area contributed by atoms with Gasteiger partial charge in [-0.25, -0.2) is 13.6 Å². The van der Waals surface area contributed by atoms with Gasteiger partial charge in [0.1, 0.15) is 0 Å². The third-order valence-corrected chi connectivity index (χ3v) is 2.69. The SMILES string of the molecule is Cn1cccc1CNCCS(N)(=O)=O. The minimum atomic E-state index is -3.34. The largest absolute Gasteiger partial charge is 0.353 e. The number of hydrogen-bond donors (Lipinski definition) is 2. The van der Waals surface area contributed by atoms with Crippen molar-refractivity contribution in [3.05, 3.63) is 24.0 Å². The Bertz CT molecular complexity index is 383. The molecular weight excluding hydrogens is 202 g/mol. The highest BCUT2D eigenvalue weighted by Crippen LogP contribution is 1.97. The molecular formula is C8H15N3O2S. The molecule has 6 heteroatoms. The van der Waals surface area contributed by atoms with E-state index in [1.807, 2.05) is 29.9 Å². The van der Waals surface area contributed by atoms with Crippen LogP contribution < -0.4 is 10.5 Å². The quantitative estimate of drug-likeness (QED) is 0.647. The molecule has 0 saturated carbocycles. The van der Waals surface area contributed by atoms with Gasteiger partial charge in [-0.15, -0.1) is 0 Å². The number of nitrogens with two attached hydrogens (primary N) is 1. The van der Waals surface area contributed by atoms with Crippen molar-refractivity contribution in [1.29, 1.82) is 0 Å². The van der Waals surface area contributed by atoms with Gasteiger partial charge in [-0.1, -0.05) is 0 Å². The summed E-state index contributed by atoms with van der Waals surface area (Å²) in [5.41, 5.74) is 1.11. The molecule has 0 aliphatic rings. The van der Waals surface area contributed by atoms with E-state index in [0.29, 0.717) is 13.1 Å². The first-order valence-electron chi connectivity index (χ1n) is 4.30. The van der Waals surface area contributed by atoms with E-state index < -0.39 is 10.0 Å². The summed E-state index contributed by atoms with van der Waals surface area (Å²) < 4.78 is 23.2. The molecule has 0 aromatic carbocycles. The zero-order valence-electron chi connectivity index (χ0n) is 8.10. The summed E-state index contributed by atoms with van der Waals surface area (Å²) in [6.07, 6.45) is 1.94. The van der Waals surface area contributed by atoms with Gasteiger partial charge in [0.05, 0.1) is 5.75 Å². The van der Waals surface area contributed by atoms with E-state index in [2.05, 4.69) is 5.32 Å². The predicted octanol–water partition coefficient (Wildman–Crippen LogP) is -0.597. The summed E-state index contributed by atoms with van der Waals surface area (Å²) in [6, 6.07) is 3.92. The molecule has 1 aromatic rings. The van der Waals surface area contributed by atoms with E-state index in [-0.39, 0.29) is 5.75 Å². The fourth-order valence-electron chi connectivity index (χ4n) is 1.11. The lowest BCUT2D eigenvalue weighted by Crippen LogP contribution is -2.27. The van der Waals surface area contributed by atoms with Crippen molar-refractivity contribution in [1.82, 2.24) is 9.88 Å². The topological polar surface area (TPSA) is 77.1 Å². The highest BCUT2D eigenvalue weighted by atomic mass is 32.2. The predicted molar refractivity (Wildman–Crippen MR) is 55.1 cm³/mol. The number of rotatable bonds is 5. The van der Waals surface area contributed by atoms with E-state index >= 15 is 0 Å². The van der Waals surface area contributed by atoms with Crippen molar-refractivity contribution in [2.75, 3.05) is 12.3 Å². The van der Waals surface area contributed by atoms with Crippen LogP contribution in [0.4, 0.5) is 0 Å². The lowest BCUT2D eigenvalue weighted by atomic mass is 10.4. The van der Waals surface area contributed by atoms with Gasteiger partial charge in [0.2, 0.25) is 10.0 Å². The molecule has 1 aromatic heterocycles. The number of nitrogens with one attached hydrogen (secondary N) is 1. The van der Waals surface area contributed by atoms with E-state index in [4.69, 9.17) is 5.14 Å². The van der Waals surface area contributed by atoms with Gasteiger partial charge in [0, 0.05) is 32.0 Å². The van der Waals surface area contributed by atoms with Gasteiger partial charge >= 0.3 is 0 Å². The Kier molecular flexibility index (Phi) is 3.68. The van der Waals surface area contributed by atoms with Crippen molar-refractivity contribution in [2.45, 2.75) is 6.54 Å². The van der Waals surface area contributed by atoms with Gasteiger partial charge in [-0.05, 0) is 12.1 Å². The summed E-state index contributed by atoms with van der Waals surface area (Å²) >= 11 is 0. The van der Waals surface area contributed by atoms with Crippen LogP contribution in [0.15, 0.2) is 18.3 Å². The first-order valence-corrected chi connectivity index (χ1v) is 6.02. The average Bonchev–Trinajstić information content (AvgIpc) is 2.44. The van der Waals surface area contributed by atoms with Gasteiger partial charge in [-0.3, -0.25) is 0 Å². The van der Waals surface area contributed by atoms with Crippen molar-refractivity contribution >= 4 is 10.0 Å². The Morgan fingerprint density at radius 1 is 1.57 bits per heavy atom. The highest BCUT2D eigenvalue weighted by Gasteiger charge is 2.01. The summed E-state index contributed by atoms with van der Waals surface area (Å²) in [4.78, 5) is 0. The van der Waals surface area contributed by atoms with E-state index in [9.17, 15) is 8.42 Å². The van der Waals surface area contributed by atoms with Crippen LogP contribution in [0.3, 0.4) is 0 Å². The summed E-state index contributed by atoms with van der Waals surface area (Å²) in [6.45, 7) is 1.03. The number of aromatic nitrogens is 1. The molecule has 0 spiro atoms. The monoisotopic (exact) mass is 217 g/mol. The van der Waals surface area contributed by atoms with E-state index in [0.717, 1.165) is 5.69 Å². The van der Waals surface area contributed by atoms with E-state index in [1.54, 1.807) is 0 Å². The summed E-state index contributed by atoms with van der Waals surface area (Å²) in [5.74, 6) is -0.0303. The second-order valence-corrected chi connectivity index (χ2v) is 4.89. The minimum absolute atomic E-state index is 0.0303. The molecule has 1 rings (SSSR count). The molecule has 0 bridgehead atoms. The molecule has 5 nitrogen and oxygen atoms in total. The Hall–Kier alpha value is -0.850. The van der Waals surface area contributed by atoms with Crippen molar-refractivity contribution in [3.8, 4) is 0 Å². The first-order chi connectivity index (χ1) is 6.49. The lowest BCUT2D eigenvalue weighted by molar-refractivity contribution is 0.591. The number of nitrogens with zero attached hydrogens (tertiary/aromatic N) is 1. The van der Waals surface area contributed by atoms with Gasteiger partial charge in [0.15, 0.2) is 0 Å². The molecule has 0 saturated heterocycles. The smallest absolute Gasteiger partial charge is 0.210 e. The van der Waals surface area contributed by atoms with Crippen molar-refractivity contribution in [3.63, 3.8) is 0 Å². The standard InChI is InChI=1S/C8H15N3O2S/c1-11-5-2-3-8(11)7-10-4-6-14(9,12)13/h2-3,5,10H,4,6-7H2,1H3,(H2,9,12,13). The maximum atomic E-state index is 10.6. The number of hydrogen-bond acceptors (Lipinski definition) is 3. The van der Waals surface area contributed by atoms with E-state index in [1.165, 1.54) is 0 Å². The average molecular weight is 217 g/mol. The molecule has 0 amide bonds. The maximum absolute atomic E-state index is 10.6. The van der Waals surface area contributed by atoms with Gasteiger partial charge in [-0.2, -0.15) is 0 Å². The Balaban J connectivity index is 2.26. The molecule has 80 valence electrons. The molecule has 1 heterocycles. The normalized spacial score (nSPS) is 11.9. The number of sulfonamides is 1. The molecule has 3 N–H and O–H groups in total. The molecule has 0 aliphatic carbocycles. The molecule has 14 heavy (non-hydrogen) atoms. The lowest BCUT2D eigenvalue weighted by Gasteiger charge is -2.04. The molecule has 0 radical (unpaired) electrons. The third kappa shape index (κ3) is 3.91. The number of aryl methyl sites for hydroxylation is 1. The maximum Gasteiger partial charge on any atom is 0.210 e. The van der Waals surface area contributed by atoms with Crippen LogP contribution >= 0.6 is 0 Å². The highest BCUT2D eigenvalue weighted by molar-refractivity contribution is 7.89. The van der Waals surface area contributed by atoms with Crippen LogP contribution in [-0.4, -0.2) is 25.3 Å². The van der Waals surface area contributed by atoms with Crippen molar-refractivity contribution in [2.24, 2.45) is 12.2 Å².